The summed E-state index contributed by atoms with van der Waals surface area (Å²) in [5.41, 5.74) is 1.88. The Labute approximate surface area is 171 Å². The first kappa shape index (κ1) is 19.6. The van der Waals surface area contributed by atoms with Crippen molar-refractivity contribution in [3.05, 3.63) is 66.5 Å². The summed E-state index contributed by atoms with van der Waals surface area (Å²) < 4.78 is 40.3. The van der Waals surface area contributed by atoms with E-state index in [1.54, 1.807) is 49.8 Å². The molecule has 5 nitrogen and oxygen atoms in total. The van der Waals surface area contributed by atoms with Crippen molar-refractivity contribution in [1.29, 1.82) is 0 Å². The van der Waals surface area contributed by atoms with Gasteiger partial charge in [-0.05, 0) is 47.5 Å². The van der Waals surface area contributed by atoms with Crippen LogP contribution in [0.3, 0.4) is 0 Å². The summed E-state index contributed by atoms with van der Waals surface area (Å²) in [6.07, 6.45) is -1.11. The third-order valence-corrected chi connectivity index (χ3v) is 4.78. The molecule has 2 heterocycles. The van der Waals surface area contributed by atoms with Gasteiger partial charge in [-0.3, -0.25) is 4.98 Å². The van der Waals surface area contributed by atoms with Gasteiger partial charge in [0.1, 0.15) is 5.82 Å². The molecule has 0 radical (unpaired) electrons. The Kier molecular flexibility index (Phi) is 4.99. The van der Waals surface area contributed by atoms with Crippen molar-refractivity contribution in [2.24, 2.45) is 0 Å². The maximum atomic E-state index is 13.4. The second-order valence-corrected chi connectivity index (χ2v) is 6.63. The summed E-state index contributed by atoms with van der Waals surface area (Å²) in [6, 6.07) is 13.2. The molecular formula is C22H18F3N5. The fraction of sp³-hybridized carbons (Fsp3) is 0.136. The maximum absolute atomic E-state index is 13.4. The maximum Gasteiger partial charge on any atom is 0.418 e. The number of aromatic nitrogens is 3. The van der Waals surface area contributed by atoms with Gasteiger partial charge < -0.3 is 10.6 Å². The van der Waals surface area contributed by atoms with E-state index in [0.29, 0.717) is 33.7 Å². The minimum atomic E-state index is -4.46. The van der Waals surface area contributed by atoms with Gasteiger partial charge >= 0.3 is 6.18 Å². The number of nitrogens with one attached hydrogen (secondary N) is 2. The zero-order chi connectivity index (χ0) is 21.3. The van der Waals surface area contributed by atoms with Gasteiger partial charge in [0, 0.05) is 43.1 Å². The first-order valence-electron chi connectivity index (χ1n) is 9.20. The Morgan fingerprint density at radius 1 is 0.833 bits per heavy atom. The Bertz CT molecular complexity index is 1210. The molecule has 0 saturated heterocycles. The van der Waals surface area contributed by atoms with E-state index in [1.165, 1.54) is 13.1 Å². The van der Waals surface area contributed by atoms with Crippen LogP contribution in [0.25, 0.3) is 33.4 Å². The smallest absolute Gasteiger partial charge is 0.388 e. The van der Waals surface area contributed by atoms with Crippen LogP contribution in [0.2, 0.25) is 0 Å². The van der Waals surface area contributed by atoms with E-state index >= 15 is 0 Å². The highest BCUT2D eigenvalue weighted by Crippen LogP contribution is 2.38. The highest BCUT2D eigenvalue weighted by molar-refractivity contribution is 5.94. The topological polar surface area (TPSA) is 62.7 Å². The molecule has 0 aliphatic heterocycles. The molecule has 2 aromatic heterocycles. The lowest BCUT2D eigenvalue weighted by atomic mass is 10.00. The van der Waals surface area contributed by atoms with Crippen LogP contribution >= 0.6 is 0 Å². The molecule has 30 heavy (non-hydrogen) atoms. The minimum Gasteiger partial charge on any atom is -0.388 e. The van der Waals surface area contributed by atoms with Gasteiger partial charge in [0.15, 0.2) is 5.82 Å². The molecule has 0 aliphatic rings. The van der Waals surface area contributed by atoms with Crippen LogP contribution in [0.15, 0.2) is 60.9 Å². The molecule has 0 spiro atoms. The summed E-state index contributed by atoms with van der Waals surface area (Å²) in [7, 11) is 3.21. The fourth-order valence-corrected chi connectivity index (χ4v) is 3.30. The number of nitrogens with zero attached hydrogens (tertiary/aromatic N) is 3. The Balaban J connectivity index is 1.85. The van der Waals surface area contributed by atoms with Crippen LogP contribution in [0.4, 0.5) is 24.7 Å². The fourth-order valence-electron chi connectivity index (χ4n) is 3.30. The van der Waals surface area contributed by atoms with Gasteiger partial charge in [-0.2, -0.15) is 13.2 Å². The third kappa shape index (κ3) is 3.63. The summed E-state index contributed by atoms with van der Waals surface area (Å²) >= 11 is 0. The van der Waals surface area contributed by atoms with E-state index in [-0.39, 0.29) is 5.69 Å². The number of alkyl halides is 3. The molecule has 0 aliphatic carbocycles. The normalized spacial score (nSPS) is 11.5. The summed E-state index contributed by atoms with van der Waals surface area (Å²) in [5.74, 6) is 1.11. The predicted octanol–water partition coefficient (Wildman–Crippen LogP) is 5.46. The second kappa shape index (κ2) is 7.62. The molecule has 0 unspecified atom stereocenters. The number of fused-ring (bicyclic) bond motifs is 1. The number of rotatable bonds is 4. The lowest BCUT2D eigenvalue weighted by Crippen LogP contribution is -2.09. The van der Waals surface area contributed by atoms with Crippen LogP contribution < -0.4 is 10.6 Å². The van der Waals surface area contributed by atoms with Gasteiger partial charge in [-0.25, -0.2) is 9.97 Å². The zero-order valence-corrected chi connectivity index (χ0v) is 16.2. The number of pyridine rings is 1. The van der Waals surface area contributed by atoms with Crippen LogP contribution in [0.1, 0.15) is 5.56 Å². The average molecular weight is 409 g/mol. The van der Waals surface area contributed by atoms with Crippen LogP contribution in [0, 0.1) is 0 Å². The lowest BCUT2D eigenvalue weighted by molar-refractivity contribution is -0.136. The van der Waals surface area contributed by atoms with Crippen molar-refractivity contribution in [2.45, 2.75) is 6.18 Å². The van der Waals surface area contributed by atoms with Gasteiger partial charge in [0.25, 0.3) is 0 Å². The predicted molar refractivity (Wildman–Crippen MR) is 112 cm³/mol. The molecule has 0 bridgehead atoms. The van der Waals surface area contributed by atoms with Gasteiger partial charge in [-0.15, -0.1) is 0 Å². The van der Waals surface area contributed by atoms with E-state index in [2.05, 4.69) is 25.6 Å². The Hall–Kier alpha value is -3.68. The Morgan fingerprint density at radius 2 is 1.60 bits per heavy atom. The minimum absolute atomic E-state index is 0.0346. The number of hydrogen-bond donors (Lipinski definition) is 2. The Morgan fingerprint density at radius 3 is 2.27 bits per heavy atom. The summed E-state index contributed by atoms with van der Waals surface area (Å²) in [5, 5.41) is 6.36. The highest BCUT2D eigenvalue weighted by Gasteiger charge is 2.33. The number of benzene rings is 2. The number of halogens is 3. The van der Waals surface area contributed by atoms with Crippen molar-refractivity contribution in [3.63, 3.8) is 0 Å². The standard InChI is InChI=1S/C22H18F3N5/c1-26-19-8-6-14(11-17(19)22(23,24)25)13-5-7-18-16(10-13)21(27-2)30-20(29-18)15-4-3-9-28-12-15/h3-12,26H,1-2H3,(H,27,29,30). The van der Waals surface area contributed by atoms with Crippen molar-refractivity contribution < 1.29 is 13.2 Å². The molecule has 4 rings (SSSR count). The van der Waals surface area contributed by atoms with Crippen molar-refractivity contribution in [3.8, 4) is 22.5 Å². The molecule has 8 heteroatoms. The third-order valence-electron chi connectivity index (χ3n) is 4.78. The second-order valence-electron chi connectivity index (χ2n) is 6.63. The summed E-state index contributed by atoms with van der Waals surface area (Å²) in [4.78, 5) is 13.2. The van der Waals surface area contributed by atoms with Gasteiger partial charge in [0.05, 0.1) is 11.1 Å². The number of hydrogen-bond acceptors (Lipinski definition) is 5. The van der Waals surface area contributed by atoms with Crippen molar-refractivity contribution in [2.75, 3.05) is 24.7 Å². The van der Waals surface area contributed by atoms with E-state index in [9.17, 15) is 13.2 Å². The van der Waals surface area contributed by atoms with Crippen molar-refractivity contribution in [1.82, 2.24) is 15.0 Å². The molecule has 152 valence electrons. The largest absolute Gasteiger partial charge is 0.418 e. The van der Waals surface area contributed by atoms with E-state index < -0.39 is 11.7 Å². The number of anilines is 2. The van der Waals surface area contributed by atoms with E-state index in [0.717, 1.165) is 11.6 Å². The van der Waals surface area contributed by atoms with Crippen LogP contribution in [-0.2, 0) is 6.18 Å². The average Bonchev–Trinajstić information content (AvgIpc) is 2.77. The van der Waals surface area contributed by atoms with Crippen molar-refractivity contribution >= 4 is 22.4 Å². The van der Waals surface area contributed by atoms with Gasteiger partial charge in [0.2, 0.25) is 0 Å². The lowest BCUT2D eigenvalue weighted by Gasteiger charge is -2.15. The molecule has 0 fully saturated rings. The molecule has 0 saturated carbocycles. The quantitative estimate of drug-likeness (QED) is 0.469. The molecule has 0 atom stereocenters. The molecule has 2 N–H and O–H groups in total. The highest BCUT2D eigenvalue weighted by atomic mass is 19.4. The SMILES string of the molecule is CNc1ccc(-c2ccc3nc(-c4cccnc4)nc(NC)c3c2)cc1C(F)(F)F. The molecule has 2 aromatic carbocycles. The van der Waals surface area contributed by atoms with Gasteiger partial charge in [-0.1, -0.05) is 12.1 Å². The molecule has 4 aromatic rings. The first-order chi connectivity index (χ1) is 14.4. The van der Waals surface area contributed by atoms with Crippen LogP contribution in [-0.4, -0.2) is 29.0 Å². The van der Waals surface area contributed by atoms with Crippen LogP contribution in [0.5, 0.6) is 0 Å². The molecular weight excluding hydrogens is 391 g/mol. The summed E-state index contributed by atoms with van der Waals surface area (Å²) in [6.45, 7) is 0. The van der Waals surface area contributed by atoms with E-state index in [1.807, 2.05) is 6.07 Å². The zero-order valence-electron chi connectivity index (χ0n) is 16.2. The monoisotopic (exact) mass is 409 g/mol. The first-order valence-corrected chi connectivity index (χ1v) is 9.20. The van der Waals surface area contributed by atoms with E-state index in [4.69, 9.17) is 0 Å². The molecule has 0 amide bonds.